The first kappa shape index (κ1) is 9.79. The number of aliphatic hydroxyl groups excluding tert-OH is 1. The average molecular weight is 168 g/mol. The third-order valence-electron chi connectivity index (χ3n) is 3.04. The molecule has 0 aromatic heterocycles. The molecule has 0 aliphatic heterocycles. The molecule has 0 saturated carbocycles. The lowest BCUT2D eigenvalue weighted by Gasteiger charge is -2.39. The average Bonchev–Trinajstić information content (AvgIpc) is 1.82. The predicted octanol–water partition coefficient (Wildman–Crippen LogP) is 2.75. The van der Waals surface area contributed by atoms with Crippen LogP contribution in [-0.2, 0) is 0 Å². The van der Waals surface area contributed by atoms with E-state index in [4.69, 9.17) is 0 Å². The molecule has 0 radical (unpaired) electrons. The van der Waals surface area contributed by atoms with Crippen LogP contribution in [0.4, 0.5) is 0 Å². The van der Waals surface area contributed by atoms with Gasteiger partial charge in [-0.3, -0.25) is 0 Å². The van der Waals surface area contributed by atoms with Gasteiger partial charge in [0.1, 0.15) is 0 Å². The van der Waals surface area contributed by atoms with E-state index in [1.165, 1.54) is 5.57 Å². The highest BCUT2D eigenvalue weighted by Gasteiger charge is 2.34. The van der Waals surface area contributed by atoms with Crippen molar-refractivity contribution in [2.75, 3.05) is 0 Å². The van der Waals surface area contributed by atoms with Crippen molar-refractivity contribution in [2.45, 2.75) is 46.6 Å². The van der Waals surface area contributed by atoms with Gasteiger partial charge in [0.05, 0.1) is 6.10 Å². The minimum Gasteiger partial charge on any atom is -0.393 e. The van der Waals surface area contributed by atoms with Crippen LogP contribution >= 0.6 is 0 Å². The zero-order valence-electron chi connectivity index (χ0n) is 8.59. The summed E-state index contributed by atoms with van der Waals surface area (Å²) in [5.41, 5.74) is 1.74. The standard InChI is InChI=1S/C11H20O/c1-8-5-6-10(9(2)12)11(3,4)7-8/h5,9-10,12H,6-7H2,1-4H3. The second-order valence-electron chi connectivity index (χ2n) is 4.80. The van der Waals surface area contributed by atoms with Gasteiger partial charge >= 0.3 is 0 Å². The topological polar surface area (TPSA) is 20.2 Å². The van der Waals surface area contributed by atoms with Gasteiger partial charge < -0.3 is 5.11 Å². The van der Waals surface area contributed by atoms with Crippen molar-refractivity contribution < 1.29 is 5.11 Å². The Morgan fingerprint density at radius 3 is 2.58 bits per heavy atom. The van der Waals surface area contributed by atoms with Crippen LogP contribution in [0.1, 0.15) is 40.5 Å². The highest BCUT2D eigenvalue weighted by atomic mass is 16.3. The van der Waals surface area contributed by atoms with Gasteiger partial charge in [-0.25, -0.2) is 0 Å². The number of rotatable bonds is 1. The molecule has 1 heteroatoms. The van der Waals surface area contributed by atoms with Crippen molar-refractivity contribution in [1.82, 2.24) is 0 Å². The van der Waals surface area contributed by atoms with Gasteiger partial charge in [-0.1, -0.05) is 25.5 Å². The van der Waals surface area contributed by atoms with Crippen molar-refractivity contribution in [1.29, 1.82) is 0 Å². The van der Waals surface area contributed by atoms with Crippen LogP contribution in [0.5, 0.6) is 0 Å². The summed E-state index contributed by atoms with van der Waals surface area (Å²) in [7, 11) is 0. The second-order valence-corrected chi connectivity index (χ2v) is 4.80. The van der Waals surface area contributed by atoms with Crippen LogP contribution in [0.3, 0.4) is 0 Å². The zero-order valence-corrected chi connectivity index (χ0v) is 8.59. The van der Waals surface area contributed by atoms with Crippen molar-refractivity contribution in [3.05, 3.63) is 11.6 Å². The summed E-state index contributed by atoms with van der Waals surface area (Å²) in [6.45, 7) is 8.59. The molecule has 0 heterocycles. The Morgan fingerprint density at radius 1 is 1.58 bits per heavy atom. The molecule has 0 saturated heterocycles. The van der Waals surface area contributed by atoms with E-state index in [-0.39, 0.29) is 11.5 Å². The van der Waals surface area contributed by atoms with E-state index in [0.717, 1.165) is 12.8 Å². The molecular formula is C11H20O. The number of hydrogen-bond donors (Lipinski definition) is 1. The Kier molecular flexibility index (Phi) is 2.62. The van der Waals surface area contributed by atoms with E-state index >= 15 is 0 Å². The van der Waals surface area contributed by atoms with Crippen LogP contribution in [0.15, 0.2) is 11.6 Å². The zero-order chi connectivity index (χ0) is 9.35. The molecule has 1 N–H and O–H groups in total. The van der Waals surface area contributed by atoms with Crippen LogP contribution < -0.4 is 0 Å². The Bertz CT molecular complexity index is 189. The molecule has 0 amide bonds. The van der Waals surface area contributed by atoms with Gasteiger partial charge in [0.15, 0.2) is 0 Å². The van der Waals surface area contributed by atoms with Crippen LogP contribution in [0.25, 0.3) is 0 Å². The van der Waals surface area contributed by atoms with E-state index in [1.807, 2.05) is 6.92 Å². The van der Waals surface area contributed by atoms with Gasteiger partial charge in [-0.05, 0) is 38.0 Å². The Balaban J connectivity index is 2.77. The van der Waals surface area contributed by atoms with Crippen molar-refractivity contribution >= 4 is 0 Å². The summed E-state index contributed by atoms with van der Waals surface area (Å²) in [4.78, 5) is 0. The summed E-state index contributed by atoms with van der Waals surface area (Å²) < 4.78 is 0. The quantitative estimate of drug-likeness (QED) is 0.597. The van der Waals surface area contributed by atoms with Gasteiger partial charge in [0, 0.05) is 0 Å². The summed E-state index contributed by atoms with van der Waals surface area (Å²) in [6.07, 6.45) is 4.26. The lowest BCUT2D eigenvalue weighted by atomic mass is 9.67. The smallest absolute Gasteiger partial charge is 0.0548 e. The molecule has 0 spiro atoms. The van der Waals surface area contributed by atoms with E-state index in [2.05, 4.69) is 26.8 Å². The lowest BCUT2D eigenvalue weighted by Crippen LogP contribution is -2.34. The minimum absolute atomic E-state index is 0.177. The molecule has 0 aromatic rings. The molecule has 1 rings (SSSR count). The largest absolute Gasteiger partial charge is 0.393 e. The van der Waals surface area contributed by atoms with Gasteiger partial charge in [-0.15, -0.1) is 0 Å². The van der Waals surface area contributed by atoms with Crippen molar-refractivity contribution in [2.24, 2.45) is 11.3 Å². The molecule has 70 valence electrons. The third kappa shape index (κ3) is 1.89. The maximum absolute atomic E-state index is 9.57. The summed E-state index contributed by atoms with van der Waals surface area (Å²) in [5.74, 6) is 0.432. The van der Waals surface area contributed by atoms with Crippen molar-refractivity contribution in [3.63, 3.8) is 0 Å². The number of hydrogen-bond acceptors (Lipinski definition) is 1. The fraction of sp³-hybridized carbons (Fsp3) is 0.818. The van der Waals surface area contributed by atoms with E-state index in [1.54, 1.807) is 0 Å². The molecule has 2 atom stereocenters. The van der Waals surface area contributed by atoms with Gasteiger partial charge in [0.2, 0.25) is 0 Å². The fourth-order valence-electron chi connectivity index (χ4n) is 2.42. The van der Waals surface area contributed by atoms with Crippen LogP contribution in [0.2, 0.25) is 0 Å². The predicted molar refractivity (Wildman–Crippen MR) is 51.9 cm³/mol. The van der Waals surface area contributed by atoms with Crippen molar-refractivity contribution in [3.8, 4) is 0 Å². The van der Waals surface area contributed by atoms with E-state index in [9.17, 15) is 5.11 Å². The Hall–Kier alpha value is -0.300. The molecule has 12 heavy (non-hydrogen) atoms. The molecule has 1 aliphatic carbocycles. The Morgan fingerprint density at radius 2 is 2.17 bits per heavy atom. The monoisotopic (exact) mass is 168 g/mol. The maximum Gasteiger partial charge on any atom is 0.0548 e. The van der Waals surface area contributed by atoms with E-state index < -0.39 is 0 Å². The second kappa shape index (κ2) is 3.21. The normalized spacial score (nSPS) is 31.1. The van der Waals surface area contributed by atoms with Gasteiger partial charge in [-0.2, -0.15) is 0 Å². The lowest BCUT2D eigenvalue weighted by molar-refractivity contribution is 0.0432. The molecular weight excluding hydrogens is 148 g/mol. The molecule has 1 aliphatic rings. The maximum atomic E-state index is 9.57. The first-order valence-electron chi connectivity index (χ1n) is 4.77. The van der Waals surface area contributed by atoms with Crippen LogP contribution in [-0.4, -0.2) is 11.2 Å². The SMILES string of the molecule is CC1=CCC(C(C)O)C(C)(C)C1. The first-order valence-corrected chi connectivity index (χ1v) is 4.77. The number of allylic oxidation sites excluding steroid dienone is 2. The summed E-state index contributed by atoms with van der Waals surface area (Å²) >= 11 is 0. The molecule has 0 aromatic carbocycles. The summed E-state index contributed by atoms with van der Waals surface area (Å²) in [5, 5.41) is 9.57. The minimum atomic E-state index is -0.177. The third-order valence-corrected chi connectivity index (χ3v) is 3.04. The van der Waals surface area contributed by atoms with Crippen LogP contribution in [0, 0.1) is 11.3 Å². The van der Waals surface area contributed by atoms with E-state index in [0.29, 0.717) is 5.92 Å². The highest BCUT2D eigenvalue weighted by Crippen LogP contribution is 2.41. The molecule has 0 bridgehead atoms. The Labute approximate surface area is 75.5 Å². The molecule has 1 nitrogen and oxygen atoms in total. The first-order chi connectivity index (χ1) is 5.43. The molecule has 0 fully saturated rings. The fourth-order valence-corrected chi connectivity index (χ4v) is 2.42. The summed E-state index contributed by atoms with van der Waals surface area (Å²) in [6, 6.07) is 0. The number of aliphatic hydroxyl groups is 1. The molecule has 2 unspecified atom stereocenters. The van der Waals surface area contributed by atoms with Gasteiger partial charge in [0.25, 0.3) is 0 Å². The highest BCUT2D eigenvalue weighted by molar-refractivity contribution is 5.09.